The minimum atomic E-state index is -0.206. The molecule has 0 bridgehead atoms. The van der Waals surface area contributed by atoms with Crippen molar-refractivity contribution in [1.29, 1.82) is 0 Å². The number of carbonyl (C=O) groups is 1. The minimum absolute atomic E-state index is 0.00663. The molecule has 1 amide bonds. The summed E-state index contributed by atoms with van der Waals surface area (Å²) in [5, 5.41) is 3.00. The van der Waals surface area contributed by atoms with Crippen molar-refractivity contribution in [3.8, 4) is 0 Å². The number of hydrogen-bond acceptors (Lipinski definition) is 3. The van der Waals surface area contributed by atoms with Crippen LogP contribution < -0.4 is 5.32 Å². The van der Waals surface area contributed by atoms with Crippen LogP contribution in [0, 0.1) is 0 Å². The lowest BCUT2D eigenvalue weighted by atomic mass is 10.0. The molecule has 134 valence electrons. The third kappa shape index (κ3) is 5.60. The number of amides is 1. The number of piperazine rings is 1. The summed E-state index contributed by atoms with van der Waals surface area (Å²) in [5.41, 5.74) is 2.05. The SMILES string of the molecule is CC(C)(C)NC(=O)c1ccc(CN2CCN(C(C)(C)C)CC2)cc1. The molecule has 1 aliphatic rings. The van der Waals surface area contributed by atoms with Crippen LogP contribution >= 0.6 is 0 Å². The van der Waals surface area contributed by atoms with Crippen molar-refractivity contribution in [2.75, 3.05) is 26.2 Å². The summed E-state index contributed by atoms with van der Waals surface area (Å²) in [5.74, 6) is -0.00663. The van der Waals surface area contributed by atoms with Gasteiger partial charge in [0.1, 0.15) is 0 Å². The minimum Gasteiger partial charge on any atom is -0.347 e. The van der Waals surface area contributed by atoms with Gasteiger partial charge in [-0.2, -0.15) is 0 Å². The van der Waals surface area contributed by atoms with E-state index in [0.717, 1.165) is 38.3 Å². The quantitative estimate of drug-likeness (QED) is 0.924. The van der Waals surface area contributed by atoms with Crippen LogP contribution in [0.4, 0.5) is 0 Å². The lowest BCUT2D eigenvalue weighted by Crippen LogP contribution is -2.53. The molecule has 1 aromatic rings. The maximum atomic E-state index is 12.2. The molecule has 4 nitrogen and oxygen atoms in total. The molecule has 24 heavy (non-hydrogen) atoms. The largest absolute Gasteiger partial charge is 0.347 e. The first kappa shape index (κ1) is 18.9. The molecule has 1 aromatic carbocycles. The number of hydrogen-bond donors (Lipinski definition) is 1. The number of benzene rings is 1. The highest BCUT2D eigenvalue weighted by Crippen LogP contribution is 2.17. The Hall–Kier alpha value is -1.39. The number of carbonyl (C=O) groups excluding carboxylic acids is 1. The van der Waals surface area contributed by atoms with E-state index >= 15 is 0 Å². The van der Waals surface area contributed by atoms with Gasteiger partial charge in [-0.25, -0.2) is 0 Å². The molecule has 0 aromatic heterocycles. The van der Waals surface area contributed by atoms with Gasteiger partial charge in [-0.3, -0.25) is 14.6 Å². The third-order valence-electron chi connectivity index (χ3n) is 4.43. The molecule has 0 spiro atoms. The number of rotatable bonds is 3. The number of nitrogens with one attached hydrogen (secondary N) is 1. The fourth-order valence-corrected chi connectivity index (χ4v) is 3.01. The lowest BCUT2D eigenvalue weighted by molar-refractivity contribution is 0.0591. The standard InChI is InChI=1S/C20H33N3O/c1-19(2,3)21-18(24)17-9-7-16(8-10-17)15-22-11-13-23(14-12-22)20(4,5)6/h7-10H,11-15H2,1-6H3,(H,21,24). The van der Waals surface area contributed by atoms with Gasteiger partial charge in [0.25, 0.3) is 5.91 Å². The lowest BCUT2D eigenvalue weighted by Gasteiger charge is -2.42. The van der Waals surface area contributed by atoms with Gasteiger partial charge >= 0.3 is 0 Å². The molecule has 1 heterocycles. The Balaban J connectivity index is 1.88. The molecule has 0 radical (unpaired) electrons. The van der Waals surface area contributed by atoms with E-state index in [2.05, 4.69) is 48.0 Å². The Morgan fingerprint density at radius 3 is 1.96 bits per heavy atom. The van der Waals surface area contributed by atoms with E-state index in [1.165, 1.54) is 5.56 Å². The average molecular weight is 332 g/mol. The van der Waals surface area contributed by atoms with Crippen molar-refractivity contribution in [3.63, 3.8) is 0 Å². The summed E-state index contributed by atoms with van der Waals surface area (Å²) in [7, 11) is 0. The summed E-state index contributed by atoms with van der Waals surface area (Å²) >= 11 is 0. The van der Waals surface area contributed by atoms with E-state index in [1.54, 1.807) is 0 Å². The zero-order valence-corrected chi connectivity index (χ0v) is 16.1. The summed E-state index contributed by atoms with van der Waals surface area (Å²) in [4.78, 5) is 17.2. The Morgan fingerprint density at radius 1 is 0.958 bits per heavy atom. The van der Waals surface area contributed by atoms with Crippen LogP contribution in [-0.4, -0.2) is 53.0 Å². The van der Waals surface area contributed by atoms with Crippen molar-refractivity contribution in [2.45, 2.75) is 59.2 Å². The van der Waals surface area contributed by atoms with E-state index in [4.69, 9.17) is 0 Å². The van der Waals surface area contributed by atoms with Crippen LogP contribution in [0.25, 0.3) is 0 Å². The highest BCUT2D eigenvalue weighted by atomic mass is 16.1. The fourth-order valence-electron chi connectivity index (χ4n) is 3.01. The van der Waals surface area contributed by atoms with Crippen molar-refractivity contribution in [1.82, 2.24) is 15.1 Å². The molecule has 2 rings (SSSR count). The van der Waals surface area contributed by atoms with Crippen LogP contribution in [0.3, 0.4) is 0 Å². The normalized spacial score (nSPS) is 17.8. The predicted octanol–water partition coefficient (Wildman–Crippen LogP) is 3.13. The van der Waals surface area contributed by atoms with E-state index in [1.807, 2.05) is 32.9 Å². The summed E-state index contributed by atoms with van der Waals surface area (Å²) in [6.45, 7) is 18.2. The molecule has 1 N–H and O–H groups in total. The highest BCUT2D eigenvalue weighted by molar-refractivity contribution is 5.94. The van der Waals surface area contributed by atoms with Crippen LogP contribution in [0.15, 0.2) is 24.3 Å². The Labute approximate surface area is 147 Å². The molecular weight excluding hydrogens is 298 g/mol. The molecule has 4 heteroatoms. The first-order chi connectivity index (χ1) is 11.0. The van der Waals surface area contributed by atoms with E-state index in [-0.39, 0.29) is 17.0 Å². The molecule has 1 aliphatic heterocycles. The van der Waals surface area contributed by atoms with Crippen molar-refractivity contribution in [2.24, 2.45) is 0 Å². The van der Waals surface area contributed by atoms with Gasteiger partial charge in [0.15, 0.2) is 0 Å². The van der Waals surface area contributed by atoms with Crippen molar-refractivity contribution >= 4 is 5.91 Å². The second kappa shape index (κ2) is 7.24. The van der Waals surface area contributed by atoms with Crippen LogP contribution in [0.5, 0.6) is 0 Å². The Bertz CT molecular complexity index is 544. The molecule has 1 saturated heterocycles. The van der Waals surface area contributed by atoms with Crippen molar-refractivity contribution in [3.05, 3.63) is 35.4 Å². The monoisotopic (exact) mass is 331 g/mol. The molecule has 0 atom stereocenters. The summed E-state index contributed by atoms with van der Waals surface area (Å²) in [6, 6.07) is 8.02. The first-order valence-electron chi connectivity index (χ1n) is 8.93. The second-order valence-corrected chi connectivity index (χ2v) is 8.84. The van der Waals surface area contributed by atoms with Gasteiger partial charge in [0.2, 0.25) is 0 Å². The van der Waals surface area contributed by atoms with Gasteiger partial charge in [-0.15, -0.1) is 0 Å². The van der Waals surface area contributed by atoms with Crippen LogP contribution in [-0.2, 0) is 6.54 Å². The maximum absolute atomic E-state index is 12.2. The number of nitrogens with zero attached hydrogens (tertiary/aromatic N) is 2. The predicted molar refractivity (Wildman–Crippen MR) is 100 cm³/mol. The van der Waals surface area contributed by atoms with Crippen LogP contribution in [0.2, 0.25) is 0 Å². The highest BCUT2D eigenvalue weighted by Gasteiger charge is 2.25. The molecule has 0 saturated carbocycles. The zero-order chi connectivity index (χ0) is 18.0. The third-order valence-corrected chi connectivity index (χ3v) is 4.43. The summed E-state index contributed by atoms with van der Waals surface area (Å²) < 4.78 is 0. The van der Waals surface area contributed by atoms with E-state index in [9.17, 15) is 4.79 Å². The molecule has 0 aliphatic carbocycles. The summed E-state index contributed by atoms with van der Waals surface area (Å²) in [6.07, 6.45) is 0. The van der Waals surface area contributed by atoms with Gasteiger partial charge in [0, 0.05) is 49.4 Å². The van der Waals surface area contributed by atoms with E-state index < -0.39 is 0 Å². The van der Waals surface area contributed by atoms with Crippen molar-refractivity contribution < 1.29 is 4.79 Å². The molecule has 0 unspecified atom stereocenters. The van der Waals surface area contributed by atoms with Crippen LogP contribution in [0.1, 0.15) is 57.5 Å². The maximum Gasteiger partial charge on any atom is 0.251 e. The van der Waals surface area contributed by atoms with Gasteiger partial charge in [0.05, 0.1) is 0 Å². The smallest absolute Gasteiger partial charge is 0.251 e. The van der Waals surface area contributed by atoms with Gasteiger partial charge < -0.3 is 5.32 Å². The Morgan fingerprint density at radius 2 is 1.50 bits per heavy atom. The molecule has 1 fully saturated rings. The van der Waals surface area contributed by atoms with Gasteiger partial charge in [-0.05, 0) is 59.2 Å². The average Bonchev–Trinajstić information content (AvgIpc) is 2.46. The zero-order valence-electron chi connectivity index (χ0n) is 16.1. The second-order valence-electron chi connectivity index (χ2n) is 8.84. The van der Waals surface area contributed by atoms with E-state index in [0.29, 0.717) is 0 Å². The van der Waals surface area contributed by atoms with Gasteiger partial charge in [-0.1, -0.05) is 12.1 Å². The molecular formula is C20H33N3O. The fraction of sp³-hybridized carbons (Fsp3) is 0.650. The Kier molecular flexibility index (Phi) is 5.71. The topological polar surface area (TPSA) is 35.6 Å². The first-order valence-corrected chi connectivity index (χ1v) is 8.93.